The van der Waals surface area contributed by atoms with E-state index >= 15 is 0 Å². The van der Waals surface area contributed by atoms with Gasteiger partial charge in [-0.15, -0.1) is 0 Å². The van der Waals surface area contributed by atoms with Crippen LogP contribution in [0.5, 0.6) is 0 Å². The molecule has 0 saturated carbocycles. The molecule has 1 aromatic rings. The second kappa shape index (κ2) is 7.84. The second-order valence-corrected chi connectivity index (χ2v) is 6.87. The number of aliphatic hydroxyl groups excluding tert-OH is 1. The summed E-state index contributed by atoms with van der Waals surface area (Å²) in [5.41, 5.74) is 5.92. The molecule has 0 heterocycles. The first-order chi connectivity index (χ1) is 8.97. The third-order valence-electron chi connectivity index (χ3n) is 2.64. The SMILES string of the molecule is Nc1cc(Br)ccc1S(=O)(=O)NCCCCCCO. The lowest BCUT2D eigenvalue weighted by Crippen LogP contribution is -2.25. The maximum absolute atomic E-state index is 12.0. The molecule has 0 atom stereocenters. The van der Waals surface area contributed by atoms with E-state index < -0.39 is 10.0 Å². The molecule has 0 aliphatic heterocycles. The van der Waals surface area contributed by atoms with E-state index in [2.05, 4.69) is 20.7 Å². The zero-order valence-corrected chi connectivity index (χ0v) is 13.0. The molecular weight excluding hydrogens is 332 g/mol. The van der Waals surface area contributed by atoms with E-state index in [0.717, 1.165) is 30.2 Å². The van der Waals surface area contributed by atoms with E-state index in [0.29, 0.717) is 6.54 Å². The van der Waals surface area contributed by atoms with E-state index in [1.165, 1.54) is 6.07 Å². The number of halogens is 1. The molecule has 0 unspecified atom stereocenters. The first kappa shape index (κ1) is 16.4. The molecule has 5 nitrogen and oxygen atoms in total. The van der Waals surface area contributed by atoms with Gasteiger partial charge in [0.2, 0.25) is 10.0 Å². The standard InChI is InChI=1S/C12H19BrN2O3S/c13-10-5-6-12(11(14)9-10)19(17,18)15-7-3-1-2-4-8-16/h5-6,9,15-16H,1-4,7-8,14H2. The number of aliphatic hydroxyl groups is 1. The molecule has 4 N–H and O–H groups in total. The summed E-state index contributed by atoms with van der Waals surface area (Å²) in [4.78, 5) is 0.103. The molecule has 0 aromatic heterocycles. The van der Waals surface area contributed by atoms with Gasteiger partial charge in [-0.3, -0.25) is 0 Å². The smallest absolute Gasteiger partial charge is 0.242 e. The van der Waals surface area contributed by atoms with Gasteiger partial charge in [0, 0.05) is 17.6 Å². The highest BCUT2D eigenvalue weighted by Crippen LogP contribution is 2.22. The Morgan fingerprint density at radius 2 is 1.89 bits per heavy atom. The van der Waals surface area contributed by atoms with Crippen molar-refractivity contribution in [3.63, 3.8) is 0 Å². The summed E-state index contributed by atoms with van der Waals surface area (Å²) in [6.45, 7) is 0.560. The van der Waals surface area contributed by atoms with E-state index in [4.69, 9.17) is 10.8 Å². The Bertz CT molecular complexity index is 506. The van der Waals surface area contributed by atoms with Crippen LogP contribution in [0.2, 0.25) is 0 Å². The Kier molecular flexibility index (Phi) is 6.78. The number of nitrogens with two attached hydrogens (primary N) is 1. The van der Waals surface area contributed by atoms with Crippen LogP contribution in [-0.2, 0) is 10.0 Å². The van der Waals surface area contributed by atoms with Crippen molar-refractivity contribution in [1.29, 1.82) is 0 Å². The van der Waals surface area contributed by atoms with Gasteiger partial charge in [0.05, 0.1) is 5.69 Å². The zero-order chi connectivity index (χ0) is 14.3. The molecule has 0 aliphatic rings. The van der Waals surface area contributed by atoms with Crippen molar-refractivity contribution in [1.82, 2.24) is 4.72 Å². The number of hydrogen-bond donors (Lipinski definition) is 3. The summed E-state index contributed by atoms with van der Waals surface area (Å²) in [6, 6.07) is 4.69. The first-order valence-electron chi connectivity index (χ1n) is 6.13. The Balaban J connectivity index is 2.52. The fourth-order valence-corrected chi connectivity index (χ4v) is 3.20. The molecule has 108 valence electrons. The average molecular weight is 351 g/mol. The summed E-state index contributed by atoms with van der Waals surface area (Å²) < 4.78 is 27.3. The Morgan fingerprint density at radius 1 is 1.21 bits per heavy atom. The van der Waals surface area contributed by atoms with Gasteiger partial charge in [0.25, 0.3) is 0 Å². The van der Waals surface area contributed by atoms with E-state index in [1.54, 1.807) is 12.1 Å². The number of hydrogen-bond acceptors (Lipinski definition) is 4. The van der Waals surface area contributed by atoms with Crippen LogP contribution in [-0.4, -0.2) is 26.7 Å². The number of nitrogen functional groups attached to an aromatic ring is 1. The largest absolute Gasteiger partial charge is 0.398 e. The number of nitrogens with one attached hydrogen (secondary N) is 1. The summed E-state index contributed by atoms with van der Waals surface area (Å²) in [5, 5.41) is 8.62. The van der Waals surface area contributed by atoms with Crippen molar-refractivity contribution < 1.29 is 13.5 Å². The van der Waals surface area contributed by atoms with Crippen molar-refractivity contribution >= 4 is 31.6 Å². The molecule has 19 heavy (non-hydrogen) atoms. The van der Waals surface area contributed by atoms with Crippen LogP contribution in [0.25, 0.3) is 0 Å². The average Bonchev–Trinajstić information content (AvgIpc) is 2.33. The van der Waals surface area contributed by atoms with Gasteiger partial charge in [-0.25, -0.2) is 13.1 Å². The summed E-state index contributed by atoms with van der Waals surface area (Å²) >= 11 is 3.24. The van der Waals surface area contributed by atoms with Gasteiger partial charge in [-0.1, -0.05) is 28.8 Å². The minimum atomic E-state index is -3.55. The number of anilines is 1. The fraction of sp³-hybridized carbons (Fsp3) is 0.500. The van der Waals surface area contributed by atoms with Crippen LogP contribution in [0.15, 0.2) is 27.6 Å². The number of rotatable bonds is 8. The van der Waals surface area contributed by atoms with Gasteiger partial charge < -0.3 is 10.8 Å². The Labute approximate surface area is 122 Å². The van der Waals surface area contributed by atoms with Crippen LogP contribution in [0.4, 0.5) is 5.69 Å². The lowest BCUT2D eigenvalue weighted by atomic mass is 10.2. The van der Waals surface area contributed by atoms with Gasteiger partial charge in [-0.2, -0.15) is 0 Å². The molecule has 0 aliphatic carbocycles. The van der Waals surface area contributed by atoms with Crippen LogP contribution < -0.4 is 10.5 Å². The third kappa shape index (κ3) is 5.48. The Hall–Kier alpha value is -0.630. The van der Waals surface area contributed by atoms with Gasteiger partial charge in [0.1, 0.15) is 4.90 Å². The quantitative estimate of drug-likeness (QED) is 0.492. The highest BCUT2D eigenvalue weighted by Gasteiger charge is 2.16. The number of benzene rings is 1. The number of sulfonamides is 1. The van der Waals surface area contributed by atoms with Gasteiger partial charge in [0.15, 0.2) is 0 Å². The molecule has 0 spiro atoms. The monoisotopic (exact) mass is 350 g/mol. The molecule has 0 saturated heterocycles. The van der Waals surface area contributed by atoms with Gasteiger partial charge in [-0.05, 0) is 31.0 Å². The minimum absolute atomic E-state index is 0.103. The van der Waals surface area contributed by atoms with Crippen LogP contribution >= 0.6 is 15.9 Å². The lowest BCUT2D eigenvalue weighted by Gasteiger charge is -2.09. The highest BCUT2D eigenvalue weighted by atomic mass is 79.9. The topological polar surface area (TPSA) is 92.4 Å². The molecule has 0 amide bonds. The molecular formula is C12H19BrN2O3S. The normalized spacial score (nSPS) is 11.7. The van der Waals surface area contributed by atoms with E-state index in [9.17, 15) is 8.42 Å². The predicted molar refractivity (Wildman–Crippen MR) is 79.3 cm³/mol. The minimum Gasteiger partial charge on any atom is -0.398 e. The van der Waals surface area contributed by atoms with Crippen LogP contribution in [0.3, 0.4) is 0 Å². The summed E-state index contributed by atoms with van der Waals surface area (Å²) in [6.07, 6.45) is 3.29. The number of unbranched alkanes of at least 4 members (excludes halogenated alkanes) is 3. The third-order valence-corrected chi connectivity index (χ3v) is 4.67. The van der Waals surface area contributed by atoms with Crippen molar-refractivity contribution in [2.24, 2.45) is 0 Å². The molecule has 0 fully saturated rings. The Morgan fingerprint density at radius 3 is 2.53 bits per heavy atom. The zero-order valence-electron chi connectivity index (χ0n) is 10.6. The van der Waals surface area contributed by atoms with Crippen molar-refractivity contribution in [2.45, 2.75) is 30.6 Å². The first-order valence-corrected chi connectivity index (χ1v) is 8.40. The van der Waals surface area contributed by atoms with E-state index in [1.807, 2.05) is 0 Å². The molecule has 0 bridgehead atoms. The molecule has 1 aromatic carbocycles. The fourth-order valence-electron chi connectivity index (χ4n) is 1.64. The lowest BCUT2D eigenvalue weighted by molar-refractivity contribution is 0.282. The molecule has 0 radical (unpaired) electrons. The summed E-state index contributed by atoms with van der Waals surface area (Å²) in [7, 11) is -3.55. The highest BCUT2D eigenvalue weighted by molar-refractivity contribution is 9.10. The maximum atomic E-state index is 12.0. The van der Waals surface area contributed by atoms with Crippen molar-refractivity contribution in [2.75, 3.05) is 18.9 Å². The summed E-state index contributed by atoms with van der Waals surface area (Å²) in [5.74, 6) is 0. The van der Waals surface area contributed by atoms with Gasteiger partial charge >= 0.3 is 0 Å². The van der Waals surface area contributed by atoms with E-state index in [-0.39, 0.29) is 17.2 Å². The maximum Gasteiger partial charge on any atom is 0.242 e. The molecule has 7 heteroatoms. The second-order valence-electron chi connectivity index (χ2n) is 4.22. The molecule has 1 rings (SSSR count). The predicted octanol–water partition coefficient (Wildman–Crippen LogP) is 1.86. The van der Waals surface area contributed by atoms with Crippen molar-refractivity contribution in [3.05, 3.63) is 22.7 Å². The van der Waals surface area contributed by atoms with Crippen LogP contribution in [0.1, 0.15) is 25.7 Å². The van der Waals surface area contributed by atoms with Crippen molar-refractivity contribution in [3.8, 4) is 0 Å². The van der Waals surface area contributed by atoms with Crippen LogP contribution in [0, 0.1) is 0 Å².